The molecule has 0 radical (unpaired) electrons. The van der Waals surface area contributed by atoms with E-state index in [0.717, 1.165) is 25.1 Å². The van der Waals surface area contributed by atoms with E-state index in [0.29, 0.717) is 0 Å². The number of benzene rings is 1. The van der Waals surface area contributed by atoms with E-state index < -0.39 is 27.1 Å². The molecule has 0 aromatic heterocycles. The lowest BCUT2D eigenvalue weighted by Crippen LogP contribution is -2.32. The Balaban J connectivity index is 3.02. The van der Waals surface area contributed by atoms with Crippen molar-refractivity contribution in [2.45, 2.75) is 12.2 Å². The van der Waals surface area contributed by atoms with Crippen molar-refractivity contribution in [1.29, 1.82) is 0 Å². The largest absolute Gasteiger partial charge is 0.480 e. The van der Waals surface area contributed by atoms with Crippen LogP contribution in [0, 0.1) is 5.82 Å². The minimum absolute atomic E-state index is 0.0684. The molecule has 94 valence electrons. The summed E-state index contributed by atoms with van der Waals surface area (Å²) in [6, 6.07) is 3.05. The molecular formula is C9H9ClFNO4S. The van der Waals surface area contributed by atoms with Gasteiger partial charge in [0.1, 0.15) is 5.82 Å². The Morgan fingerprint density at radius 1 is 1.53 bits per heavy atom. The van der Waals surface area contributed by atoms with E-state index in [-0.39, 0.29) is 10.7 Å². The molecule has 5 nitrogen and oxygen atoms in total. The maximum absolute atomic E-state index is 12.7. The van der Waals surface area contributed by atoms with Gasteiger partial charge < -0.3 is 5.11 Å². The maximum Gasteiger partial charge on any atom is 0.323 e. The first-order chi connectivity index (χ1) is 7.74. The molecule has 1 rings (SSSR count). The normalized spacial score (nSPS) is 13.1. The van der Waals surface area contributed by atoms with Crippen molar-refractivity contribution >= 4 is 33.3 Å². The molecule has 17 heavy (non-hydrogen) atoms. The number of nitrogens with one attached hydrogen (secondary N) is 1. The summed E-state index contributed by atoms with van der Waals surface area (Å²) in [5.74, 6) is -2.11. The highest BCUT2D eigenvalue weighted by molar-refractivity contribution is 7.94. The molecule has 1 unspecified atom stereocenters. The second-order valence-corrected chi connectivity index (χ2v) is 5.66. The van der Waals surface area contributed by atoms with E-state index in [1.807, 2.05) is 4.72 Å². The van der Waals surface area contributed by atoms with Crippen LogP contribution in [-0.2, 0) is 14.8 Å². The zero-order valence-corrected chi connectivity index (χ0v) is 10.2. The van der Waals surface area contributed by atoms with Crippen LogP contribution in [0.4, 0.5) is 10.1 Å². The monoisotopic (exact) mass is 281 g/mol. The molecule has 0 saturated carbocycles. The fraction of sp³-hybridized carbons (Fsp3) is 0.222. The Hall–Kier alpha value is -1.34. The van der Waals surface area contributed by atoms with E-state index in [2.05, 4.69) is 0 Å². The summed E-state index contributed by atoms with van der Waals surface area (Å²) in [6.45, 7) is 1.02. The summed E-state index contributed by atoms with van der Waals surface area (Å²) in [5.41, 5.74) is -0.0684. The fourth-order valence-electron chi connectivity index (χ4n) is 0.947. The molecule has 0 spiro atoms. The molecule has 2 N–H and O–H groups in total. The molecule has 0 aliphatic heterocycles. The van der Waals surface area contributed by atoms with Gasteiger partial charge in [0, 0.05) is 0 Å². The van der Waals surface area contributed by atoms with Gasteiger partial charge in [0.25, 0.3) is 0 Å². The van der Waals surface area contributed by atoms with Crippen LogP contribution in [-0.4, -0.2) is 24.7 Å². The standard InChI is InChI=1S/C9H9ClFNO4S/c1-5(9(13)14)17(15,16)12-8-3-2-6(11)4-7(8)10/h2-5,12H,1H3,(H,13,14). The molecule has 0 amide bonds. The lowest BCUT2D eigenvalue weighted by Gasteiger charge is -2.12. The average molecular weight is 282 g/mol. The fourth-order valence-corrected chi connectivity index (χ4v) is 2.14. The van der Waals surface area contributed by atoms with Crippen molar-refractivity contribution in [3.05, 3.63) is 29.0 Å². The predicted molar refractivity (Wildman–Crippen MR) is 61.1 cm³/mol. The molecule has 0 heterocycles. The Morgan fingerprint density at radius 3 is 2.59 bits per heavy atom. The number of carboxylic acid groups (broad SMARTS) is 1. The Morgan fingerprint density at radius 2 is 2.12 bits per heavy atom. The summed E-state index contributed by atoms with van der Waals surface area (Å²) < 4.78 is 37.8. The Kier molecular flexibility index (Phi) is 3.94. The minimum Gasteiger partial charge on any atom is -0.480 e. The molecule has 1 aromatic carbocycles. The van der Waals surface area contributed by atoms with Crippen molar-refractivity contribution in [3.63, 3.8) is 0 Å². The van der Waals surface area contributed by atoms with E-state index >= 15 is 0 Å². The minimum atomic E-state index is -4.10. The lowest BCUT2D eigenvalue weighted by atomic mass is 10.3. The van der Waals surface area contributed by atoms with Gasteiger partial charge in [0.05, 0.1) is 10.7 Å². The second-order valence-electron chi connectivity index (χ2n) is 3.25. The highest BCUT2D eigenvalue weighted by atomic mass is 35.5. The summed E-state index contributed by atoms with van der Waals surface area (Å²) in [5, 5.41) is 6.81. The van der Waals surface area contributed by atoms with Gasteiger partial charge >= 0.3 is 5.97 Å². The topological polar surface area (TPSA) is 83.5 Å². The Bertz CT molecular complexity index is 546. The van der Waals surface area contributed by atoms with Crippen molar-refractivity contribution in [2.75, 3.05) is 4.72 Å². The molecule has 0 bridgehead atoms. The molecule has 1 aromatic rings. The highest BCUT2D eigenvalue weighted by Crippen LogP contribution is 2.24. The predicted octanol–water partition coefficient (Wildman–Crippen LogP) is 1.69. The number of halogens is 2. The Labute approximate surface area is 102 Å². The van der Waals surface area contributed by atoms with Gasteiger partial charge in [-0.15, -0.1) is 0 Å². The van der Waals surface area contributed by atoms with Crippen LogP contribution < -0.4 is 4.72 Å². The van der Waals surface area contributed by atoms with E-state index in [4.69, 9.17) is 16.7 Å². The molecule has 0 fully saturated rings. The first-order valence-corrected chi connectivity index (χ1v) is 6.36. The summed E-state index contributed by atoms with van der Waals surface area (Å²) >= 11 is 5.61. The van der Waals surface area contributed by atoms with Gasteiger partial charge in [-0.1, -0.05) is 11.6 Å². The highest BCUT2D eigenvalue weighted by Gasteiger charge is 2.28. The number of aliphatic carboxylic acids is 1. The number of rotatable bonds is 4. The van der Waals surface area contributed by atoms with Gasteiger partial charge in [0.15, 0.2) is 5.25 Å². The van der Waals surface area contributed by atoms with Crippen LogP contribution in [0.15, 0.2) is 18.2 Å². The summed E-state index contributed by atoms with van der Waals surface area (Å²) in [6.07, 6.45) is 0. The van der Waals surface area contributed by atoms with Crippen LogP contribution >= 0.6 is 11.6 Å². The molecule has 0 saturated heterocycles. The van der Waals surface area contributed by atoms with Gasteiger partial charge in [-0.05, 0) is 25.1 Å². The summed E-state index contributed by atoms with van der Waals surface area (Å²) in [4.78, 5) is 10.6. The van der Waals surface area contributed by atoms with Gasteiger partial charge in [-0.3, -0.25) is 9.52 Å². The molecule has 8 heteroatoms. The zero-order valence-electron chi connectivity index (χ0n) is 8.65. The van der Waals surface area contributed by atoms with Crippen LogP contribution in [0.25, 0.3) is 0 Å². The molecule has 1 atom stereocenters. The number of hydrogen-bond donors (Lipinski definition) is 2. The molecule has 0 aliphatic carbocycles. The number of carbonyl (C=O) groups is 1. The van der Waals surface area contributed by atoms with Crippen molar-refractivity contribution in [3.8, 4) is 0 Å². The smallest absolute Gasteiger partial charge is 0.323 e. The average Bonchev–Trinajstić information content (AvgIpc) is 2.21. The van der Waals surface area contributed by atoms with Crippen LogP contribution in [0.3, 0.4) is 0 Å². The number of carboxylic acids is 1. The van der Waals surface area contributed by atoms with Crippen molar-refractivity contribution in [2.24, 2.45) is 0 Å². The second kappa shape index (κ2) is 4.89. The third-order valence-electron chi connectivity index (χ3n) is 2.00. The van der Waals surface area contributed by atoms with Gasteiger partial charge in [-0.25, -0.2) is 12.8 Å². The number of hydrogen-bond acceptors (Lipinski definition) is 3. The van der Waals surface area contributed by atoms with E-state index in [9.17, 15) is 17.6 Å². The van der Waals surface area contributed by atoms with Crippen molar-refractivity contribution < 1.29 is 22.7 Å². The lowest BCUT2D eigenvalue weighted by molar-refractivity contribution is -0.136. The SMILES string of the molecule is CC(C(=O)O)S(=O)(=O)Nc1ccc(F)cc1Cl. The van der Waals surface area contributed by atoms with Crippen LogP contribution in [0.2, 0.25) is 5.02 Å². The third-order valence-corrected chi connectivity index (χ3v) is 3.95. The number of sulfonamides is 1. The van der Waals surface area contributed by atoms with E-state index in [1.54, 1.807) is 0 Å². The molecular weight excluding hydrogens is 273 g/mol. The van der Waals surface area contributed by atoms with Gasteiger partial charge in [0.2, 0.25) is 10.0 Å². The summed E-state index contributed by atoms with van der Waals surface area (Å²) in [7, 11) is -4.10. The van der Waals surface area contributed by atoms with Crippen molar-refractivity contribution in [1.82, 2.24) is 0 Å². The van der Waals surface area contributed by atoms with E-state index in [1.165, 1.54) is 0 Å². The third kappa shape index (κ3) is 3.31. The quantitative estimate of drug-likeness (QED) is 0.880. The first-order valence-electron chi connectivity index (χ1n) is 4.43. The van der Waals surface area contributed by atoms with Crippen LogP contribution in [0.5, 0.6) is 0 Å². The zero-order chi connectivity index (χ0) is 13.2. The molecule has 0 aliphatic rings. The number of anilines is 1. The maximum atomic E-state index is 12.7. The first kappa shape index (κ1) is 13.7. The van der Waals surface area contributed by atoms with Gasteiger partial charge in [-0.2, -0.15) is 0 Å². The van der Waals surface area contributed by atoms with Crippen LogP contribution in [0.1, 0.15) is 6.92 Å².